The molecule has 1 aliphatic heterocycles. The van der Waals surface area contributed by atoms with Crippen LogP contribution < -0.4 is 10.9 Å². The minimum absolute atomic E-state index is 0.0632. The van der Waals surface area contributed by atoms with Crippen LogP contribution in [-0.2, 0) is 11.3 Å². The number of allylic oxidation sites excluding steroid dienone is 4. The standard InChI is InChI=1S/C22H24Cl2N4O2/c23-18-2-1-15(13-19(18)24)4-9-28-10-5-16(14-21(28)29)20-3-8-25-22(27-20)26-17-6-11-30-12-7-17/h1,3,5,8,10,13-14,17-18H,2,4,6-7,9,11-12H2,(H,25,26,27). The molecule has 0 spiro atoms. The second-order valence-electron chi connectivity index (χ2n) is 7.51. The molecule has 2 aromatic rings. The van der Waals surface area contributed by atoms with Crippen molar-refractivity contribution in [1.29, 1.82) is 0 Å². The van der Waals surface area contributed by atoms with Crippen LogP contribution in [0.2, 0.25) is 0 Å². The van der Waals surface area contributed by atoms with E-state index in [1.165, 1.54) is 0 Å². The maximum atomic E-state index is 12.6. The molecule has 0 aromatic carbocycles. The van der Waals surface area contributed by atoms with Gasteiger partial charge in [-0.15, -0.1) is 11.6 Å². The third-order valence-electron chi connectivity index (χ3n) is 5.35. The predicted octanol–water partition coefficient (Wildman–Crippen LogP) is 4.35. The Labute approximate surface area is 185 Å². The Morgan fingerprint density at radius 1 is 1.27 bits per heavy atom. The normalized spacial score (nSPS) is 19.9. The van der Waals surface area contributed by atoms with E-state index in [-0.39, 0.29) is 10.9 Å². The van der Waals surface area contributed by atoms with Crippen molar-refractivity contribution in [3.05, 3.63) is 63.7 Å². The molecule has 1 N–H and O–H groups in total. The number of anilines is 1. The third-order valence-corrected chi connectivity index (χ3v) is 6.25. The Bertz CT molecular complexity index is 1010. The van der Waals surface area contributed by atoms with Crippen molar-refractivity contribution in [2.24, 2.45) is 0 Å². The molecule has 1 fully saturated rings. The Kier molecular flexibility index (Phi) is 6.87. The van der Waals surface area contributed by atoms with Gasteiger partial charge in [-0.05, 0) is 49.5 Å². The number of nitrogens with zero attached hydrogens (tertiary/aromatic N) is 3. The molecule has 30 heavy (non-hydrogen) atoms. The lowest BCUT2D eigenvalue weighted by Crippen LogP contribution is -2.28. The number of nitrogens with one attached hydrogen (secondary N) is 1. The number of pyridine rings is 1. The summed E-state index contributed by atoms with van der Waals surface area (Å²) in [4.78, 5) is 21.5. The van der Waals surface area contributed by atoms with Gasteiger partial charge in [0, 0.05) is 54.9 Å². The van der Waals surface area contributed by atoms with Crippen molar-refractivity contribution >= 4 is 29.2 Å². The average molecular weight is 447 g/mol. The van der Waals surface area contributed by atoms with Crippen molar-refractivity contribution < 1.29 is 4.74 Å². The second-order valence-corrected chi connectivity index (χ2v) is 8.47. The highest BCUT2D eigenvalue weighted by atomic mass is 35.5. The Hall–Kier alpha value is -2.15. The van der Waals surface area contributed by atoms with Gasteiger partial charge < -0.3 is 14.6 Å². The van der Waals surface area contributed by atoms with Crippen LogP contribution in [0.5, 0.6) is 0 Å². The third kappa shape index (κ3) is 5.31. The van der Waals surface area contributed by atoms with E-state index in [4.69, 9.17) is 27.9 Å². The van der Waals surface area contributed by atoms with Crippen LogP contribution in [0.4, 0.5) is 5.95 Å². The first-order valence-corrected chi connectivity index (χ1v) is 11.0. The van der Waals surface area contributed by atoms with E-state index in [0.29, 0.717) is 23.6 Å². The van der Waals surface area contributed by atoms with Crippen molar-refractivity contribution in [2.75, 3.05) is 18.5 Å². The molecule has 2 aromatic heterocycles. The number of ether oxygens (including phenoxy) is 1. The molecular weight excluding hydrogens is 423 g/mol. The highest BCUT2D eigenvalue weighted by Gasteiger charge is 2.15. The molecule has 0 saturated carbocycles. The van der Waals surface area contributed by atoms with Gasteiger partial charge in [-0.1, -0.05) is 17.7 Å². The summed E-state index contributed by atoms with van der Waals surface area (Å²) in [5.41, 5.74) is 2.54. The molecule has 4 rings (SSSR count). The Morgan fingerprint density at radius 2 is 2.10 bits per heavy atom. The van der Waals surface area contributed by atoms with Gasteiger partial charge in [0.05, 0.1) is 11.1 Å². The first-order chi connectivity index (χ1) is 14.6. The Morgan fingerprint density at radius 3 is 2.87 bits per heavy atom. The summed E-state index contributed by atoms with van der Waals surface area (Å²) < 4.78 is 7.08. The van der Waals surface area contributed by atoms with Crippen LogP contribution in [0.3, 0.4) is 0 Å². The number of hydrogen-bond donors (Lipinski definition) is 1. The van der Waals surface area contributed by atoms with E-state index in [2.05, 4.69) is 21.4 Å². The summed E-state index contributed by atoms with van der Waals surface area (Å²) in [6.07, 6.45) is 10.8. The van der Waals surface area contributed by atoms with Gasteiger partial charge in [0.2, 0.25) is 5.95 Å². The lowest BCUT2D eigenvalue weighted by molar-refractivity contribution is 0.0903. The Balaban J connectivity index is 1.43. The van der Waals surface area contributed by atoms with Crippen molar-refractivity contribution in [2.45, 2.75) is 43.6 Å². The van der Waals surface area contributed by atoms with Crippen LogP contribution >= 0.6 is 23.2 Å². The van der Waals surface area contributed by atoms with Crippen molar-refractivity contribution in [3.8, 4) is 11.3 Å². The van der Waals surface area contributed by atoms with E-state index in [1.807, 2.05) is 24.4 Å². The van der Waals surface area contributed by atoms with Gasteiger partial charge in [0.15, 0.2) is 0 Å². The fourth-order valence-corrected chi connectivity index (χ4v) is 3.96. The summed E-state index contributed by atoms with van der Waals surface area (Å²) in [5.74, 6) is 0.578. The van der Waals surface area contributed by atoms with Crippen LogP contribution in [0.25, 0.3) is 11.3 Å². The summed E-state index contributed by atoms with van der Waals surface area (Å²) in [5, 5.41) is 3.88. The number of halogens is 2. The molecule has 8 heteroatoms. The van der Waals surface area contributed by atoms with E-state index in [9.17, 15) is 4.79 Å². The first-order valence-electron chi connectivity index (χ1n) is 10.2. The number of rotatable bonds is 6. The molecule has 3 heterocycles. The van der Waals surface area contributed by atoms with Crippen LogP contribution in [0.1, 0.15) is 25.7 Å². The van der Waals surface area contributed by atoms with Crippen LogP contribution in [0.15, 0.2) is 58.1 Å². The van der Waals surface area contributed by atoms with Crippen molar-refractivity contribution in [1.82, 2.24) is 14.5 Å². The van der Waals surface area contributed by atoms with E-state index >= 15 is 0 Å². The summed E-state index contributed by atoms with van der Waals surface area (Å²) in [6.45, 7) is 2.08. The zero-order valence-electron chi connectivity index (χ0n) is 16.6. The van der Waals surface area contributed by atoms with Crippen LogP contribution in [-0.4, -0.2) is 39.2 Å². The van der Waals surface area contributed by atoms with Gasteiger partial charge in [0.1, 0.15) is 0 Å². The summed E-state index contributed by atoms with van der Waals surface area (Å²) in [6, 6.07) is 5.66. The minimum Gasteiger partial charge on any atom is -0.381 e. The molecule has 2 aliphatic rings. The molecule has 6 nitrogen and oxygen atoms in total. The average Bonchev–Trinajstić information content (AvgIpc) is 2.76. The predicted molar refractivity (Wildman–Crippen MR) is 120 cm³/mol. The van der Waals surface area contributed by atoms with E-state index in [1.54, 1.807) is 16.8 Å². The number of aromatic nitrogens is 3. The largest absolute Gasteiger partial charge is 0.381 e. The molecule has 0 radical (unpaired) electrons. The highest BCUT2D eigenvalue weighted by Crippen LogP contribution is 2.27. The van der Waals surface area contributed by atoms with Gasteiger partial charge in [-0.2, -0.15) is 0 Å². The highest BCUT2D eigenvalue weighted by molar-refractivity contribution is 6.37. The SMILES string of the molecule is O=c1cc(-c2ccnc(NC3CCOCC3)n2)ccn1CCC1=CCC(Cl)C(Cl)=C1. The number of alkyl halides is 1. The van der Waals surface area contributed by atoms with Crippen molar-refractivity contribution in [3.63, 3.8) is 0 Å². The molecule has 0 bridgehead atoms. The number of aryl methyl sites for hydroxylation is 1. The molecular formula is C22H24Cl2N4O2. The maximum Gasteiger partial charge on any atom is 0.251 e. The quantitative estimate of drug-likeness (QED) is 0.667. The topological polar surface area (TPSA) is 69.0 Å². The first kappa shape index (κ1) is 21.1. The molecule has 1 aliphatic carbocycles. The molecule has 158 valence electrons. The maximum absolute atomic E-state index is 12.6. The van der Waals surface area contributed by atoms with E-state index < -0.39 is 0 Å². The fraction of sp³-hybridized carbons (Fsp3) is 0.409. The lowest BCUT2D eigenvalue weighted by Gasteiger charge is -2.23. The van der Waals surface area contributed by atoms with Gasteiger partial charge in [0.25, 0.3) is 5.56 Å². The second kappa shape index (κ2) is 9.77. The summed E-state index contributed by atoms with van der Waals surface area (Å²) in [7, 11) is 0. The smallest absolute Gasteiger partial charge is 0.251 e. The minimum atomic E-state index is -0.142. The molecule has 1 atom stereocenters. The number of hydrogen-bond acceptors (Lipinski definition) is 5. The van der Waals surface area contributed by atoms with Gasteiger partial charge >= 0.3 is 0 Å². The zero-order valence-corrected chi connectivity index (χ0v) is 18.1. The van der Waals surface area contributed by atoms with Gasteiger partial charge in [-0.25, -0.2) is 9.97 Å². The van der Waals surface area contributed by atoms with Gasteiger partial charge in [-0.3, -0.25) is 4.79 Å². The molecule has 1 saturated heterocycles. The fourth-order valence-electron chi connectivity index (χ4n) is 3.58. The summed E-state index contributed by atoms with van der Waals surface area (Å²) >= 11 is 12.2. The molecule has 1 unspecified atom stereocenters. The van der Waals surface area contributed by atoms with Crippen LogP contribution in [0, 0.1) is 0 Å². The van der Waals surface area contributed by atoms with E-state index in [0.717, 1.165) is 55.7 Å². The monoisotopic (exact) mass is 446 g/mol. The molecule has 0 amide bonds. The zero-order chi connectivity index (χ0) is 20.9. The lowest BCUT2D eigenvalue weighted by atomic mass is 10.0.